The van der Waals surface area contributed by atoms with E-state index in [1.165, 1.54) is 17.7 Å². The summed E-state index contributed by atoms with van der Waals surface area (Å²) in [4.78, 5) is 0. The van der Waals surface area contributed by atoms with Crippen molar-refractivity contribution in [3.05, 3.63) is 101 Å². The number of benzene rings is 4. The molecule has 4 rings (SSSR count). The highest BCUT2D eigenvalue weighted by molar-refractivity contribution is 5.89. The Morgan fingerprint density at radius 3 is 2.19 bits per heavy atom. The van der Waals surface area contributed by atoms with Gasteiger partial charge < -0.3 is 4.74 Å². The Bertz CT molecular complexity index is 1260. The van der Waals surface area contributed by atoms with Crippen LogP contribution in [0.5, 0.6) is 5.75 Å². The van der Waals surface area contributed by atoms with Crippen molar-refractivity contribution in [3.63, 3.8) is 0 Å². The summed E-state index contributed by atoms with van der Waals surface area (Å²) in [5, 5.41) is 1.30. The summed E-state index contributed by atoms with van der Waals surface area (Å²) in [7, 11) is 0. The number of hydrogen-bond donors (Lipinski definition) is 0. The summed E-state index contributed by atoms with van der Waals surface area (Å²) >= 11 is 0. The number of aryl methyl sites for hydroxylation is 1. The number of hydrogen-bond acceptors (Lipinski definition) is 1. The first kappa shape index (κ1) is 20.6. The first-order valence-corrected chi connectivity index (χ1v) is 9.92. The van der Waals surface area contributed by atoms with Crippen molar-refractivity contribution in [2.45, 2.75) is 20.0 Å². The molecule has 0 aliphatic rings. The van der Waals surface area contributed by atoms with Gasteiger partial charge in [-0.15, -0.1) is 0 Å². The standard InChI is InChI=1S/C27H19F3O/c1-2-18-3-8-20(9-4-18)22-13-16-25-23(17-22)12-11-21(26(25)28)10-5-19-6-14-24(15-7-19)31-27(29)30/h3-4,6-9,11-17,27H,2H2,1H3. The van der Waals surface area contributed by atoms with Crippen LogP contribution in [0, 0.1) is 17.7 Å². The third-order valence-electron chi connectivity index (χ3n) is 5.07. The number of halogens is 3. The number of rotatable bonds is 4. The Kier molecular flexibility index (Phi) is 5.95. The maximum Gasteiger partial charge on any atom is 0.387 e. The fourth-order valence-corrected chi connectivity index (χ4v) is 3.36. The van der Waals surface area contributed by atoms with E-state index in [-0.39, 0.29) is 17.1 Å². The third kappa shape index (κ3) is 4.73. The molecule has 0 atom stereocenters. The monoisotopic (exact) mass is 416 g/mol. The molecule has 0 aromatic heterocycles. The summed E-state index contributed by atoms with van der Waals surface area (Å²) in [5.74, 6) is 5.36. The third-order valence-corrected chi connectivity index (χ3v) is 5.07. The molecule has 0 amide bonds. The summed E-state index contributed by atoms with van der Waals surface area (Å²) in [6, 6.07) is 23.4. The van der Waals surface area contributed by atoms with Crippen LogP contribution in [0.3, 0.4) is 0 Å². The predicted molar refractivity (Wildman–Crippen MR) is 118 cm³/mol. The maximum atomic E-state index is 15.0. The molecule has 0 saturated heterocycles. The molecule has 4 aromatic carbocycles. The highest BCUT2D eigenvalue weighted by Crippen LogP contribution is 2.27. The topological polar surface area (TPSA) is 9.23 Å². The van der Waals surface area contributed by atoms with Crippen molar-refractivity contribution in [1.29, 1.82) is 0 Å². The second-order valence-corrected chi connectivity index (χ2v) is 7.07. The number of fused-ring (bicyclic) bond motifs is 1. The highest BCUT2D eigenvalue weighted by atomic mass is 19.3. The van der Waals surface area contributed by atoms with Crippen LogP contribution in [0.15, 0.2) is 78.9 Å². The van der Waals surface area contributed by atoms with Gasteiger partial charge in [0.05, 0.1) is 5.56 Å². The van der Waals surface area contributed by atoms with Crippen LogP contribution >= 0.6 is 0 Å². The van der Waals surface area contributed by atoms with Gasteiger partial charge in [0, 0.05) is 10.9 Å². The lowest BCUT2D eigenvalue weighted by atomic mass is 9.98. The summed E-state index contributed by atoms with van der Waals surface area (Å²) in [5.41, 5.74) is 4.24. The lowest BCUT2D eigenvalue weighted by Gasteiger charge is -2.07. The molecule has 0 heterocycles. The van der Waals surface area contributed by atoms with Gasteiger partial charge in [0.15, 0.2) is 0 Å². The van der Waals surface area contributed by atoms with Gasteiger partial charge in [-0.1, -0.05) is 61.2 Å². The Labute approximate surface area is 179 Å². The molecular weight excluding hydrogens is 397 g/mol. The van der Waals surface area contributed by atoms with E-state index in [0.29, 0.717) is 10.9 Å². The van der Waals surface area contributed by atoms with Crippen molar-refractivity contribution in [3.8, 4) is 28.7 Å². The van der Waals surface area contributed by atoms with E-state index in [0.717, 1.165) is 22.9 Å². The molecule has 0 unspecified atom stereocenters. The van der Waals surface area contributed by atoms with E-state index in [2.05, 4.69) is 47.8 Å². The molecule has 0 N–H and O–H groups in total. The van der Waals surface area contributed by atoms with Crippen molar-refractivity contribution < 1.29 is 17.9 Å². The highest BCUT2D eigenvalue weighted by Gasteiger charge is 2.08. The van der Waals surface area contributed by atoms with E-state index in [1.54, 1.807) is 24.3 Å². The predicted octanol–water partition coefficient (Wildman–Crippen LogP) is 7.21. The second-order valence-electron chi connectivity index (χ2n) is 7.07. The lowest BCUT2D eigenvalue weighted by Crippen LogP contribution is -2.01. The first-order valence-electron chi connectivity index (χ1n) is 9.92. The fraction of sp³-hybridized carbons (Fsp3) is 0.111. The maximum absolute atomic E-state index is 15.0. The summed E-state index contributed by atoms with van der Waals surface area (Å²) in [6.45, 7) is -0.759. The van der Waals surface area contributed by atoms with Gasteiger partial charge in [0.25, 0.3) is 0 Å². The van der Waals surface area contributed by atoms with Gasteiger partial charge >= 0.3 is 6.61 Å². The van der Waals surface area contributed by atoms with Gasteiger partial charge in [-0.3, -0.25) is 0 Å². The molecule has 0 spiro atoms. The molecule has 0 bridgehead atoms. The molecule has 1 nitrogen and oxygen atoms in total. The molecule has 0 radical (unpaired) electrons. The van der Waals surface area contributed by atoms with E-state index in [1.807, 2.05) is 18.2 Å². The zero-order chi connectivity index (χ0) is 21.8. The number of alkyl halides is 2. The van der Waals surface area contributed by atoms with Crippen LogP contribution in [0.2, 0.25) is 0 Å². The van der Waals surface area contributed by atoms with Crippen LogP contribution in [-0.4, -0.2) is 6.61 Å². The molecular formula is C27H19F3O. The van der Waals surface area contributed by atoms with Crippen LogP contribution in [-0.2, 0) is 6.42 Å². The molecule has 31 heavy (non-hydrogen) atoms. The van der Waals surface area contributed by atoms with Gasteiger partial charge in [-0.25, -0.2) is 4.39 Å². The zero-order valence-corrected chi connectivity index (χ0v) is 16.8. The molecule has 0 saturated carbocycles. The smallest absolute Gasteiger partial charge is 0.387 e. The van der Waals surface area contributed by atoms with E-state index >= 15 is 4.39 Å². The second kappa shape index (κ2) is 8.97. The Balaban J connectivity index is 1.60. The van der Waals surface area contributed by atoms with E-state index in [9.17, 15) is 8.78 Å². The average Bonchev–Trinajstić information content (AvgIpc) is 2.79. The molecule has 0 aliphatic carbocycles. The first-order chi connectivity index (χ1) is 15.0. The van der Waals surface area contributed by atoms with Gasteiger partial charge in [0.1, 0.15) is 11.6 Å². The average molecular weight is 416 g/mol. The molecule has 4 aromatic rings. The van der Waals surface area contributed by atoms with Crippen molar-refractivity contribution in [2.24, 2.45) is 0 Å². The number of ether oxygens (including phenoxy) is 1. The Hall–Kier alpha value is -3.71. The Morgan fingerprint density at radius 2 is 1.52 bits per heavy atom. The van der Waals surface area contributed by atoms with Crippen LogP contribution in [0.25, 0.3) is 21.9 Å². The van der Waals surface area contributed by atoms with Crippen molar-refractivity contribution >= 4 is 10.8 Å². The van der Waals surface area contributed by atoms with Gasteiger partial charge in [-0.2, -0.15) is 8.78 Å². The normalized spacial score (nSPS) is 10.7. The zero-order valence-electron chi connectivity index (χ0n) is 16.8. The van der Waals surface area contributed by atoms with E-state index in [4.69, 9.17) is 0 Å². The van der Waals surface area contributed by atoms with Gasteiger partial charge in [0.2, 0.25) is 0 Å². The largest absolute Gasteiger partial charge is 0.435 e. The van der Waals surface area contributed by atoms with Crippen LogP contribution in [0.1, 0.15) is 23.6 Å². The molecule has 0 aliphatic heterocycles. The minimum atomic E-state index is -2.88. The van der Waals surface area contributed by atoms with Crippen LogP contribution < -0.4 is 4.74 Å². The van der Waals surface area contributed by atoms with Crippen LogP contribution in [0.4, 0.5) is 13.2 Å². The molecule has 4 heteroatoms. The Morgan fingerprint density at radius 1 is 0.806 bits per heavy atom. The summed E-state index contributed by atoms with van der Waals surface area (Å²) < 4.78 is 43.8. The van der Waals surface area contributed by atoms with E-state index < -0.39 is 6.61 Å². The van der Waals surface area contributed by atoms with Crippen molar-refractivity contribution in [2.75, 3.05) is 0 Å². The SMILES string of the molecule is CCc1ccc(-c2ccc3c(F)c(C#Cc4ccc(OC(F)F)cc4)ccc3c2)cc1. The summed E-state index contributed by atoms with van der Waals surface area (Å²) in [6.07, 6.45) is 0.987. The minimum absolute atomic E-state index is 0.0533. The molecule has 0 fully saturated rings. The van der Waals surface area contributed by atoms with Gasteiger partial charge in [-0.05, 0) is 64.9 Å². The fourth-order valence-electron chi connectivity index (χ4n) is 3.36. The quantitative estimate of drug-likeness (QED) is 0.319. The minimum Gasteiger partial charge on any atom is -0.435 e. The lowest BCUT2D eigenvalue weighted by molar-refractivity contribution is -0.0498. The van der Waals surface area contributed by atoms with Crippen molar-refractivity contribution in [1.82, 2.24) is 0 Å². The molecule has 154 valence electrons.